The highest BCUT2D eigenvalue weighted by Crippen LogP contribution is 2.40. The van der Waals surface area contributed by atoms with Gasteiger partial charge in [-0.05, 0) is 30.2 Å². The number of aromatic nitrogens is 1. The van der Waals surface area contributed by atoms with Gasteiger partial charge in [0.2, 0.25) is 0 Å². The average molecular weight is 355 g/mol. The van der Waals surface area contributed by atoms with Crippen molar-refractivity contribution in [2.24, 2.45) is 0 Å². The normalized spacial score (nSPS) is 9.81. The van der Waals surface area contributed by atoms with Crippen molar-refractivity contribution in [2.75, 3.05) is 14.2 Å². The van der Waals surface area contributed by atoms with Crippen LogP contribution in [0.4, 0.5) is 0 Å². The predicted octanol–water partition coefficient (Wildman–Crippen LogP) is 3.96. The van der Waals surface area contributed by atoms with E-state index in [1.165, 1.54) is 12.0 Å². The molecule has 0 spiro atoms. The van der Waals surface area contributed by atoms with Gasteiger partial charge in [-0.15, -0.1) is 0 Å². The van der Waals surface area contributed by atoms with Crippen molar-refractivity contribution < 1.29 is 23.8 Å². The van der Waals surface area contributed by atoms with Crippen molar-refractivity contribution in [2.45, 2.75) is 13.3 Å². The first-order valence-corrected chi connectivity index (χ1v) is 7.91. The Morgan fingerprint density at radius 3 is 2.46 bits per heavy atom. The van der Waals surface area contributed by atoms with E-state index in [4.69, 9.17) is 23.8 Å². The molecule has 6 nitrogen and oxygen atoms in total. The summed E-state index contributed by atoms with van der Waals surface area (Å²) in [5.41, 5.74) is 3.98. The first kappa shape index (κ1) is 19.1. The highest BCUT2D eigenvalue weighted by Gasteiger charge is 2.19. The number of carbonyl (C=O) groups is 1. The van der Waals surface area contributed by atoms with Crippen LogP contribution >= 0.6 is 0 Å². The van der Waals surface area contributed by atoms with Gasteiger partial charge in [-0.1, -0.05) is 30.3 Å². The molecule has 136 valence electrons. The summed E-state index contributed by atoms with van der Waals surface area (Å²) in [6.45, 7) is 1.76. The van der Waals surface area contributed by atoms with Crippen LogP contribution in [0.2, 0.25) is 0 Å². The summed E-state index contributed by atoms with van der Waals surface area (Å²) in [5.74, 6) is 2.06. The van der Waals surface area contributed by atoms with Gasteiger partial charge in [-0.25, -0.2) is 4.98 Å². The number of hydrogen-bond acceptors (Lipinski definition) is 5. The van der Waals surface area contributed by atoms with Gasteiger partial charge in [0.15, 0.2) is 23.7 Å². The summed E-state index contributed by atoms with van der Waals surface area (Å²) in [6, 6.07) is 14.2. The molecule has 1 aromatic heterocycles. The van der Waals surface area contributed by atoms with Crippen molar-refractivity contribution in [1.29, 1.82) is 0 Å². The van der Waals surface area contributed by atoms with E-state index < -0.39 is 0 Å². The fourth-order valence-electron chi connectivity index (χ4n) is 2.67. The third-order valence-electron chi connectivity index (χ3n) is 3.72. The fourth-order valence-corrected chi connectivity index (χ4v) is 2.67. The molecule has 0 atom stereocenters. The number of benzene rings is 2. The Balaban J connectivity index is 0.000000758. The number of methoxy groups -OCH3 is 2. The summed E-state index contributed by atoms with van der Waals surface area (Å²) in [4.78, 5) is 12.7. The number of aryl methyl sites for hydroxylation is 1. The van der Waals surface area contributed by atoms with Gasteiger partial charge in [0, 0.05) is 6.42 Å². The van der Waals surface area contributed by atoms with E-state index in [2.05, 4.69) is 17.1 Å². The molecule has 0 amide bonds. The summed E-state index contributed by atoms with van der Waals surface area (Å²) < 4.78 is 16.6. The van der Waals surface area contributed by atoms with Crippen LogP contribution in [0.3, 0.4) is 0 Å². The number of rotatable bonds is 5. The third kappa shape index (κ3) is 4.42. The fraction of sp³-hybridized carbons (Fsp3) is 0.200. The molecule has 2 aromatic carbocycles. The van der Waals surface area contributed by atoms with Crippen LogP contribution in [0.15, 0.2) is 53.3 Å². The lowest BCUT2D eigenvalue weighted by Gasteiger charge is -2.13. The number of oxazole rings is 1. The molecule has 3 rings (SSSR count). The second kappa shape index (κ2) is 9.27. The zero-order chi connectivity index (χ0) is 18.9. The highest BCUT2D eigenvalue weighted by molar-refractivity contribution is 5.73. The van der Waals surface area contributed by atoms with Gasteiger partial charge in [0.1, 0.15) is 0 Å². The Morgan fingerprint density at radius 2 is 1.85 bits per heavy atom. The molecule has 26 heavy (non-hydrogen) atoms. The van der Waals surface area contributed by atoms with Gasteiger partial charge >= 0.3 is 0 Å². The molecule has 1 heterocycles. The maximum atomic E-state index is 8.36. The maximum absolute atomic E-state index is 8.36. The molecule has 0 aliphatic heterocycles. The number of carboxylic acid groups (broad SMARTS) is 1. The SMILES string of the molecule is COc1cc(C)cc(-c2ocnc2Cc2ccccc2)c1OC.O=CO. The summed E-state index contributed by atoms with van der Waals surface area (Å²) in [5, 5.41) is 6.89. The van der Waals surface area contributed by atoms with Crippen LogP contribution in [0, 0.1) is 6.92 Å². The van der Waals surface area contributed by atoms with Crippen LogP contribution in [0.5, 0.6) is 11.5 Å². The predicted molar refractivity (Wildman–Crippen MR) is 97.7 cm³/mol. The van der Waals surface area contributed by atoms with Crippen LogP contribution in [-0.4, -0.2) is 30.8 Å². The number of hydrogen-bond donors (Lipinski definition) is 1. The van der Waals surface area contributed by atoms with E-state index in [9.17, 15) is 0 Å². The first-order chi connectivity index (χ1) is 12.6. The van der Waals surface area contributed by atoms with Crippen LogP contribution in [-0.2, 0) is 11.2 Å². The zero-order valence-electron chi connectivity index (χ0n) is 14.9. The minimum absolute atomic E-state index is 0.250. The molecule has 0 radical (unpaired) electrons. The zero-order valence-corrected chi connectivity index (χ0v) is 14.9. The molecular weight excluding hydrogens is 334 g/mol. The summed E-state index contributed by atoms with van der Waals surface area (Å²) in [7, 11) is 3.26. The molecular formula is C20H21NO5. The van der Waals surface area contributed by atoms with Crippen molar-refractivity contribution in [3.05, 3.63) is 65.7 Å². The smallest absolute Gasteiger partial charge is 0.290 e. The highest BCUT2D eigenvalue weighted by atomic mass is 16.5. The van der Waals surface area contributed by atoms with E-state index in [-0.39, 0.29) is 6.47 Å². The quantitative estimate of drug-likeness (QED) is 0.698. The summed E-state index contributed by atoms with van der Waals surface area (Å²) in [6.07, 6.45) is 2.17. The van der Waals surface area contributed by atoms with Gasteiger partial charge in [-0.2, -0.15) is 0 Å². The molecule has 1 N–H and O–H groups in total. The van der Waals surface area contributed by atoms with E-state index in [0.29, 0.717) is 23.7 Å². The van der Waals surface area contributed by atoms with Crippen molar-refractivity contribution in [1.82, 2.24) is 4.98 Å². The van der Waals surface area contributed by atoms with Crippen LogP contribution < -0.4 is 9.47 Å². The molecule has 0 saturated heterocycles. The van der Waals surface area contributed by atoms with Gasteiger partial charge in [-0.3, -0.25) is 4.79 Å². The Labute approximate surface area is 152 Å². The Hall–Kier alpha value is -3.28. The Kier molecular flexibility index (Phi) is 6.79. The molecule has 3 aromatic rings. The van der Waals surface area contributed by atoms with Crippen molar-refractivity contribution in [3.63, 3.8) is 0 Å². The topological polar surface area (TPSA) is 81.8 Å². The lowest BCUT2D eigenvalue weighted by molar-refractivity contribution is -0.122. The number of ether oxygens (including phenoxy) is 2. The average Bonchev–Trinajstić information content (AvgIpc) is 3.10. The second-order valence-corrected chi connectivity index (χ2v) is 5.44. The second-order valence-electron chi connectivity index (χ2n) is 5.44. The van der Waals surface area contributed by atoms with E-state index >= 15 is 0 Å². The minimum Gasteiger partial charge on any atom is -0.493 e. The molecule has 0 saturated carbocycles. The van der Waals surface area contributed by atoms with Gasteiger partial charge in [0.05, 0.1) is 25.5 Å². The molecule has 6 heteroatoms. The van der Waals surface area contributed by atoms with Gasteiger partial charge in [0.25, 0.3) is 6.47 Å². The van der Waals surface area contributed by atoms with Crippen LogP contribution in [0.1, 0.15) is 16.8 Å². The Morgan fingerprint density at radius 1 is 1.15 bits per heavy atom. The molecule has 0 bridgehead atoms. The van der Waals surface area contributed by atoms with Crippen molar-refractivity contribution >= 4 is 6.47 Å². The number of nitrogens with zero attached hydrogens (tertiary/aromatic N) is 1. The molecule has 0 fully saturated rings. The third-order valence-corrected chi connectivity index (χ3v) is 3.72. The lowest BCUT2D eigenvalue weighted by Crippen LogP contribution is -1.97. The van der Waals surface area contributed by atoms with E-state index in [1.807, 2.05) is 37.3 Å². The molecule has 0 aliphatic rings. The maximum Gasteiger partial charge on any atom is 0.290 e. The Bertz CT molecular complexity index is 843. The van der Waals surface area contributed by atoms with Crippen molar-refractivity contribution in [3.8, 4) is 22.8 Å². The first-order valence-electron chi connectivity index (χ1n) is 7.91. The summed E-state index contributed by atoms with van der Waals surface area (Å²) >= 11 is 0. The van der Waals surface area contributed by atoms with E-state index in [1.54, 1.807) is 14.2 Å². The molecule has 0 unspecified atom stereocenters. The monoisotopic (exact) mass is 355 g/mol. The standard InChI is InChI=1S/C19H19NO3.CH2O2/c1-13-9-15(19(22-3)17(10-13)21-2)18-16(20-12-23-18)11-14-7-5-4-6-8-14;2-1-3/h4-10,12H,11H2,1-3H3;1H,(H,2,3). The van der Waals surface area contributed by atoms with Crippen LogP contribution in [0.25, 0.3) is 11.3 Å². The van der Waals surface area contributed by atoms with Gasteiger partial charge < -0.3 is 19.0 Å². The minimum atomic E-state index is -0.250. The lowest BCUT2D eigenvalue weighted by atomic mass is 10.0. The molecule has 0 aliphatic carbocycles. The largest absolute Gasteiger partial charge is 0.493 e. The van der Waals surface area contributed by atoms with E-state index in [0.717, 1.165) is 16.8 Å².